The lowest BCUT2D eigenvalue weighted by Gasteiger charge is -2.09. The Balaban J connectivity index is 3.26. The Labute approximate surface area is 213 Å². The highest BCUT2D eigenvalue weighted by atomic mass is 32.2. The Morgan fingerprint density at radius 1 is 0.543 bits per heavy atom. The van der Waals surface area contributed by atoms with Crippen LogP contribution in [-0.4, -0.2) is 19.8 Å². The number of hydrogen-bond donors (Lipinski definition) is 1. The van der Waals surface area contributed by atoms with Crippen molar-refractivity contribution in [2.24, 2.45) is 0 Å². The van der Waals surface area contributed by atoms with Crippen LogP contribution in [0.3, 0.4) is 0 Å². The molecule has 0 atom stereocenters. The van der Waals surface area contributed by atoms with E-state index >= 15 is 0 Å². The molecule has 0 aliphatic rings. The molecule has 0 saturated carbocycles. The van der Waals surface area contributed by atoms with Crippen LogP contribution in [0.5, 0.6) is 0 Å². The number of rotatable bonds is 25. The lowest BCUT2D eigenvalue weighted by molar-refractivity contribution is -0.120. The quantitative estimate of drug-likeness (QED) is 0.120. The van der Waals surface area contributed by atoms with Crippen molar-refractivity contribution in [2.45, 2.75) is 167 Å². The summed E-state index contributed by atoms with van der Waals surface area (Å²) < 4.78 is 59.3. The molecule has 0 heterocycles. The monoisotopic (exact) mass is 527 g/mol. The molecule has 210 valence electrons. The van der Waals surface area contributed by atoms with Crippen molar-refractivity contribution in [1.29, 1.82) is 0 Å². The lowest BCUT2D eigenvalue weighted by Crippen LogP contribution is -2.40. The maximum Gasteiger partial charge on any atom is 0.516 e. The molecule has 0 aliphatic carbocycles. The van der Waals surface area contributed by atoms with Crippen molar-refractivity contribution in [1.82, 2.24) is 4.72 Å². The van der Waals surface area contributed by atoms with Gasteiger partial charge in [0.25, 0.3) is 0 Å². The second-order valence-corrected chi connectivity index (χ2v) is 11.7. The van der Waals surface area contributed by atoms with Gasteiger partial charge < -0.3 is 0 Å². The lowest BCUT2D eigenvalue weighted by atomic mass is 10.0. The van der Waals surface area contributed by atoms with E-state index in [-0.39, 0.29) is 6.42 Å². The Bertz CT molecular complexity index is 595. The van der Waals surface area contributed by atoms with Gasteiger partial charge in [0.1, 0.15) is 0 Å². The average Bonchev–Trinajstić information content (AvgIpc) is 2.78. The molecule has 0 aromatic heterocycles. The van der Waals surface area contributed by atoms with E-state index in [4.69, 9.17) is 0 Å². The molecule has 35 heavy (non-hydrogen) atoms. The molecule has 0 aliphatic heterocycles. The number of hydrogen-bond acceptors (Lipinski definition) is 3. The molecule has 1 N–H and O–H groups in total. The Morgan fingerprint density at radius 2 is 0.800 bits per heavy atom. The van der Waals surface area contributed by atoms with E-state index in [2.05, 4.69) is 6.92 Å². The molecular weight excluding hydrogens is 475 g/mol. The van der Waals surface area contributed by atoms with Gasteiger partial charge in [0.15, 0.2) is 0 Å². The Morgan fingerprint density at radius 3 is 1.06 bits per heavy atom. The zero-order valence-electron chi connectivity index (χ0n) is 22.2. The van der Waals surface area contributed by atoms with Crippen LogP contribution in [0.25, 0.3) is 0 Å². The van der Waals surface area contributed by atoms with Gasteiger partial charge in [0, 0.05) is 6.42 Å². The number of carbonyl (C=O) groups excluding carboxylic acids is 1. The summed E-state index contributed by atoms with van der Waals surface area (Å²) in [6.45, 7) is 2.27. The first-order valence-corrected chi connectivity index (χ1v) is 15.8. The number of carbonyl (C=O) groups is 1. The minimum Gasteiger partial charge on any atom is -0.274 e. The molecule has 0 aromatic carbocycles. The molecule has 0 spiro atoms. The van der Waals surface area contributed by atoms with Gasteiger partial charge in [-0.25, -0.2) is 4.72 Å². The summed E-state index contributed by atoms with van der Waals surface area (Å²) in [5, 5.41) is 0. The zero-order valence-corrected chi connectivity index (χ0v) is 23.1. The summed E-state index contributed by atoms with van der Waals surface area (Å²) in [5.74, 6) is -1.09. The van der Waals surface area contributed by atoms with Crippen molar-refractivity contribution in [3.05, 3.63) is 0 Å². The average molecular weight is 528 g/mol. The fourth-order valence-corrected chi connectivity index (χ4v) is 4.85. The van der Waals surface area contributed by atoms with Crippen molar-refractivity contribution in [3.63, 3.8) is 0 Å². The second-order valence-electron chi connectivity index (χ2n) is 10.0. The molecule has 0 bridgehead atoms. The largest absolute Gasteiger partial charge is 0.516 e. The van der Waals surface area contributed by atoms with Crippen LogP contribution >= 0.6 is 0 Å². The maximum absolute atomic E-state index is 12.2. The van der Waals surface area contributed by atoms with Gasteiger partial charge in [-0.2, -0.15) is 21.6 Å². The molecular formula is C27H52F3NO3S. The van der Waals surface area contributed by atoms with E-state index in [1.54, 1.807) is 0 Å². The van der Waals surface area contributed by atoms with E-state index in [0.29, 0.717) is 6.42 Å². The molecule has 4 nitrogen and oxygen atoms in total. The molecule has 0 aromatic rings. The number of alkyl halides is 3. The SMILES string of the molecule is CCCCCCCCCCCCCCCCCCCCCCCCCC(=O)NS(=O)(=O)C(F)(F)F. The molecule has 0 saturated heterocycles. The Hall–Kier alpha value is -0.790. The number of sulfonamides is 1. The third-order valence-corrected chi connectivity index (χ3v) is 7.67. The van der Waals surface area contributed by atoms with Gasteiger partial charge in [-0.1, -0.05) is 148 Å². The number of unbranched alkanes of at least 4 members (excludes halogenated alkanes) is 22. The normalized spacial score (nSPS) is 12.2. The smallest absolute Gasteiger partial charge is 0.274 e. The standard InChI is InChI=1S/C27H52F3NO3S/c1-2-3-4-5-6-7-8-9-10-11-12-13-14-15-16-17-18-19-20-21-22-23-24-25-26(32)31-35(33,34)27(28,29)30/h2-25H2,1H3,(H,31,32). The van der Waals surface area contributed by atoms with Crippen LogP contribution in [0.4, 0.5) is 13.2 Å². The van der Waals surface area contributed by atoms with E-state index in [1.165, 1.54) is 116 Å². The van der Waals surface area contributed by atoms with E-state index < -0.39 is 21.4 Å². The third-order valence-electron chi connectivity index (χ3n) is 6.56. The summed E-state index contributed by atoms with van der Waals surface area (Å²) in [4.78, 5) is 11.3. The summed E-state index contributed by atoms with van der Waals surface area (Å²) >= 11 is 0. The van der Waals surface area contributed by atoms with Gasteiger partial charge in [0.05, 0.1) is 0 Å². The van der Waals surface area contributed by atoms with Gasteiger partial charge in [-0.3, -0.25) is 4.79 Å². The first-order valence-electron chi connectivity index (χ1n) is 14.3. The van der Waals surface area contributed by atoms with Gasteiger partial charge in [-0.15, -0.1) is 0 Å². The predicted octanol–water partition coefficient (Wildman–Crippen LogP) is 9.33. The highest BCUT2D eigenvalue weighted by Crippen LogP contribution is 2.22. The second kappa shape index (κ2) is 22.4. The van der Waals surface area contributed by atoms with Crippen LogP contribution in [0.2, 0.25) is 0 Å². The van der Waals surface area contributed by atoms with Crippen molar-refractivity contribution in [2.75, 3.05) is 0 Å². The van der Waals surface area contributed by atoms with Crippen LogP contribution < -0.4 is 4.72 Å². The minimum atomic E-state index is -5.57. The van der Waals surface area contributed by atoms with Gasteiger partial charge in [-0.05, 0) is 6.42 Å². The number of nitrogens with one attached hydrogen (secondary N) is 1. The maximum atomic E-state index is 12.2. The molecule has 0 unspecified atom stereocenters. The van der Waals surface area contributed by atoms with E-state index in [1.807, 2.05) is 0 Å². The van der Waals surface area contributed by atoms with Crippen molar-refractivity contribution in [3.8, 4) is 0 Å². The topological polar surface area (TPSA) is 63.2 Å². The molecule has 0 rings (SSSR count). The number of halogens is 3. The van der Waals surface area contributed by atoms with E-state index in [9.17, 15) is 26.4 Å². The zero-order chi connectivity index (χ0) is 26.3. The Kier molecular flexibility index (Phi) is 21.9. The van der Waals surface area contributed by atoms with Crippen LogP contribution in [0, 0.1) is 0 Å². The summed E-state index contributed by atoms with van der Waals surface area (Å²) in [7, 11) is -5.57. The first-order chi connectivity index (χ1) is 16.7. The van der Waals surface area contributed by atoms with Crippen LogP contribution in [0.1, 0.15) is 161 Å². The van der Waals surface area contributed by atoms with Crippen LogP contribution in [0.15, 0.2) is 0 Å². The highest BCUT2D eigenvalue weighted by molar-refractivity contribution is 7.90. The predicted molar refractivity (Wildman–Crippen MR) is 140 cm³/mol. The molecule has 0 fully saturated rings. The number of amides is 1. The third kappa shape index (κ3) is 22.2. The summed E-state index contributed by atoms with van der Waals surface area (Å²) in [5.41, 5.74) is -5.45. The van der Waals surface area contributed by atoms with Gasteiger partial charge >= 0.3 is 15.5 Å². The first kappa shape index (κ1) is 34.2. The molecule has 1 amide bonds. The van der Waals surface area contributed by atoms with E-state index in [0.717, 1.165) is 30.4 Å². The summed E-state index contributed by atoms with van der Waals surface area (Å²) in [6, 6.07) is 0. The van der Waals surface area contributed by atoms with Crippen molar-refractivity contribution >= 4 is 15.9 Å². The fourth-order valence-electron chi connectivity index (χ4n) is 4.33. The van der Waals surface area contributed by atoms with Gasteiger partial charge in [0.2, 0.25) is 5.91 Å². The van der Waals surface area contributed by atoms with Crippen LogP contribution in [-0.2, 0) is 14.8 Å². The molecule has 0 radical (unpaired) electrons. The minimum absolute atomic E-state index is 0.200. The highest BCUT2D eigenvalue weighted by Gasteiger charge is 2.46. The van der Waals surface area contributed by atoms with Crippen molar-refractivity contribution < 1.29 is 26.4 Å². The molecule has 8 heteroatoms. The fraction of sp³-hybridized carbons (Fsp3) is 0.963. The summed E-state index contributed by atoms with van der Waals surface area (Å²) in [6.07, 6.45) is 28.5.